The molecule has 0 radical (unpaired) electrons. The van der Waals surface area contributed by atoms with Gasteiger partial charge in [0.1, 0.15) is 5.69 Å². The number of nitrogens with two attached hydrogens (primary N) is 1. The Kier molecular flexibility index (Phi) is 5.23. The number of nitrogens with one attached hydrogen (secondary N) is 1. The van der Waals surface area contributed by atoms with E-state index in [1.54, 1.807) is 18.2 Å². The predicted molar refractivity (Wildman–Crippen MR) is 78.5 cm³/mol. The number of rotatable bonds is 5. The number of halogens is 1. The molecular weight excluding hydrogens is 322 g/mol. The average molecular weight is 336 g/mol. The number of carbonyl (C=O) groups excluding carboxylic acids is 1. The highest BCUT2D eigenvalue weighted by Gasteiger charge is 2.06. The smallest absolute Gasteiger partial charge is 0.283 e. The van der Waals surface area contributed by atoms with E-state index in [1.165, 1.54) is 0 Å². The fourth-order valence-corrected chi connectivity index (χ4v) is 2.04. The fraction of sp³-hybridized carbons (Fsp3) is 0.143. The molecule has 2 aromatic rings. The molecule has 1 amide bonds. The molecule has 0 saturated carbocycles. The zero-order chi connectivity index (χ0) is 14.4. The second-order valence-electron chi connectivity index (χ2n) is 4.07. The molecule has 0 bridgehead atoms. The summed E-state index contributed by atoms with van der Waals surface area (Å²) in [5, 5.41) is 0. The summed E-state index contributed by atoms with van der Waals surface area (Å²) in [5.41, 5.74) is 4.06. The van der Waals surface area contributed by atoms with E-state index in [1.807, 2.05) is 29.7 Å². The Labute approximate surface area is 125 Å². The van der Waals surface area contributed by atoms with Gasteiger partial charge >= 0.3 is 0 Å². The molecule has 0 spiro atoms. The molecule has 5 nitrogen and oxygen atoms in total. The summed E-state index contributed by atoms with van der Waals surface area (Å²) in [4.78, 5) is 15.5. The standard InChI is InChI=1S/C14H14BrN3O2/c15-12-6-2-1-4-10(12)8-20-9-11-5-3-7-13(17-11)14(19)18-16/h1-7H,8-9,16H2,(H,18,19). The average Bonchev–Trinajstić information content (AvgIpc) is 2.49. The SMILES string of the molecule is NNC(=O)c1cccc(COCc2ccccc2Br)n1. The normalized spacial score (nSPS) is 10.3. The summed E-state index contributed by atoms with van der Waals surface area (Å²) in [6.07, 6.45) is 0. The Bertz CT molecular complexity index is 604. The number of amides is 1. The molecule has 0 unspecified atom stereocenters. The van der Waals surface area contributed by atoms with E-state index in [0.717, 1.165) is 10.0 Å². The van der Waals surface area contributed by atoms with E-state index in [2.05, 4.69) is 20.9 Å². The lowest BCUT2D eigenvalue weighted by Crippen LogP contribution is -2.30. The monoisotopic (exact) mass is 335 g/mol. The van der Waals surface area contributed by atoms with Crippen LogP contribution in [0, 0.1) is 0 Å². The number of aromatic nitrogens is 1. The molecule has 3 N–H and O–H groups in total. The lowest BCUT2D eigenvalue weighted by Gasteiger charge is -2.07. The third kappa shape index (κ3) is 3.86. The van der Waals surface area contributed by atoms with Crippen molar-refractivity contribution in [1.82, 2.24) is 10.4 Å². The molecule has 0 fully saturated rings. The van der Waals surface area contributed by atoms with Crippen molar-refractivity contribution in [1.29, 1.82) is 0 Å². The van der Waals surface area contributed by atoms with Gasteiger partial charge in [0.2, 0.25) is 0 Å². The first-order chi connectivity index (χ1) is 9.70. The van der Waals surface area contributed by atoms with Gasteiger partial charge in [-0.15, -0.1) is 0 Å². The van der Waals surface area contributed by atoms with Crippen LogP contribution in [0.4, 0.5) is 0 Å². The second kappa shape index (κ2) is 7.14. The zero-order valence-electron chi connectivity index (χ0n) is 10.7. The molecule has 1 heterocycles. The highest BCUT2D eigenvalue weighted by Crippen LogP contribution is 2.17. The number of hydrogen-bond donors (Lipinski definition) is 2. The largest absolute Gasteiger partial charge is 0.370 e. The fourth-order valence-electron chi connectivity index (χ4n) is 1.64. The minimum Gasteiger partial charge on any atom is -0.370 e. The van der Waals surface area contributed by atoms with Crippen molar-refractivity contribution in [2.75, 3.05) is 0 Å². The summed E-state index contributed by atoms with van der Waals surface area (Å²) < 4.78 is 6.60. The number of hydrazine groups is 1. The van der Waals surface area contributed by atoms with Crippen LogP contribution in [0.3, 0.4) is 0 Å². The molecule has 0 aliphatic heterocycles. The van der Waals surface area contributed by atoms with E-state index in [0.29, 0.717) is 18.9 Å². The van der Waals surface area contributed by atoms with Crippen molar-refractivity contribution in [3.8, 4) is 0 Å². The minimum atomic E-state index is -0.419. The van der Waals surface area contributed by atoms with Crippen molar-refractivity contribution < 1.29 is 9.53 Å². The third-order valence-electron chi connectivity index (χ3n) is 2.64. The van der Waals surface area contributed by atoms with Crippen LogP contribution in [0.1, 0.15) is 21.7 Å². The Balaban J connectivity index is 1.94. The van der Waals surface area contributed by atoms with Gasteiger partial charge in [-0.25, -0.2) is 10.8 Å². The lowest BCUT2D eigenvalue weighted by atomic mass is 10.2. The van der Waals surface area contributed by atoms with Gasteiger partial charge in [-0.1, -0.05) is 40.2 Å². The first-order valence-corrected chi connectivity index (χ1v) is 6.78. The van der Waals surface area contributed by atoms with Crippen molar-refractivity contribution in [3.63, 3.8) is 0 Å². The molecule has 0 atom stereocenters. The van der Waals surface area contributed by atoms with Gasteiger partial charge in [0.15, 0.2) is 0 Å². The molecule has 104 valence electrons. The number of ether oxygens (including phenoxy) is 1. The molecule has 0 aliphatic carbocycles. The quantitative estimate of drug-likeness (QED) is 0.498. The zero-order valence-corrected chi connectivity index (χ0v) is 12.3. The molecule has 20 heavy (non-hydrogen) atoms. The van der Waals surface area contributed by atoms with Crippen LogP contribution in [-0.2, 0) is 18.0 Å². The molecule has 1 aromatic carbocycles. The summed E-state index contributed by atoms with van der Waals surface area (Å²) in [6.45, 7) is 0.795. The number of hydrogen-bond acceptors (Lipinski definition) is 4. The Morgan fingerprint density at radius 2 is 2.00 bits per heavy atom. The van der Waals surface area contributed by atoms with Crippen molar-refractivity contribution in [2.24, 2.45) is 5.84 Å². The Morgan fingerprint density at radius 3 is 2.75 bits per heavy atom. The Hall–Kier alpha value is -1.76. The molecular formula is C14H14BrN3O2. The van der Waals surface area contributed by atoms with E-state index in [9.17, 15) is 4.79 Å². The van der Waals surface area contributed by atoms with Gasteiger partial charge < -0.3 is 4.74 Å². The van der Waals surface area contributed by atoms with Crippen molar-refractivity contribution >= 4 is 21.8 Å². The minimum absolute atomic E-state index is 0.273. The van der Waals surface area contributed by atoms with Crippen LogP contribution in [0.2, 0.25) is 0 Å². The summed E-state index contributed by atoms with van der Waals surface area (Å²) in [6, 6.07) is 13.0. The van der Waals surface area contributed by atoms with Gasteiger partial charge in [0.25, 0.3) is 5.91 Å². The molecule has 6 heteroatoms. The highest BCUT2D eigenvalue weighted by atomic mass is 79.9. The van der Waals surface area contributed by atoms with Gasteiger partial charge in [0.05, 0.1) is 18.9 Å². The van der Waals surface area contributed by atoms with Gasteiger partial charge in [-0.05, 0) is 23.8 Å². The Morgan fingerprint density at radius 1 is 1.20 bits per heavy atom. The molecule has 1 aromatic heterocycles. The van der Waals surface area contributed by atoms with Crippen molar-refractivity contribution in [3.05, 3.63) is 63.9 Å². The van der Waals surface area contributed by atoms with Gasteiger partial charge in [0, 0.05) is 4.47 Å². The van der Waals surface area contributed by atoms with E-state index in [-0.39, 0.29) is 5.69 Å². The van der Waals surface area contributed by atoms with Crippen LogP contribution in [0.15, 0.2) is 46.9 Å². The summed E-state index contributed by atoms with van der Waals surface area (Å²) in [7, 11) is 0. The maximum atomic E-state index is 11.4. The van der Waals surface area contributed by atoms with Gasteiger partial charge in [-0.3, -0.25) is 10.2 Å². The number of nitrogen functional groups attached to an aromatic ring is 1. The van der Waals surface area contributed by atoms with Crippen molar-refractivity contribution in [2.45, 2.75) is 13.2 Å². The van der Waals surface area contributed by atoms with Gasteiger partial charge in [-0.2, -0.15) is 0 Å². The van der Waals surface area contributed by atoms with Crippen LogP contribution in [0.25, 0.3) is 0 Å². The number of benzene rings is 1. The van der Waals surface area contributed by atoms with E-state index >= 15 is 0 Å². The molecule has 0 aliphatic rings. The second-order valence-corrected chi connectivity index (χ2v) is 4.93. The third-order valence-corrected chi connectivity index (χ3v) is 3.41. The number of pyridine rings is 1. The topological polar surface area (TPSA) is 77.2 Å². The van der Waals surface area contributed by atoms with Crippen LogP contribution in [-0.4, -0.2) is 10.9 Å². The summed E-state index contributed by atoms with van der Waals surface area (Å²) >= 11 is 3.46. The first-order valence-electron chi connectivity index (χ1n) is 5.98. The molecule has 0 saturated heterocycles. The first kappa shape index (κ1) is 14.6. The van der Waals surface area contributed by atoms with E-state index in [4.69, 9.17) is 10.6 Å². The number of carbonyl (C=O) groups is 1. The maximum Gasteiger partial charge on any atom is 0.283 e. The maximum absolute atomic E-state index is 11.4. The summed E-state index contributed by atoms with van der Waals surface area (Å²) in [5.74, 6) is 4.65. The predicted octanol–water partition coefficient (Wildman–Crippen LogP) is 2.16. The number of nitrogens with zero attached hydrogens (tertiary/aromatic N) is 1. The van der Waals surface area contributed by atoms with Crippen LogP contribution >= 0.6 is 15.9 Å². The lowest BCUT2D eigenvalue weighted by molar-refractivity contribution is 0.0941. The van der Waals surface area contributed by atoms with E-state index < -0.39 is 5.91 Å². The highest BCUT2D eigenvalue weighted by molar-refractivity contribution is 9.10. The van der Waals surface area contributed by atoms with Crippen LogP contribution in [0.5, 0.6) is 0 Å². The molecule has 2 rings (SSSR count). The van der Waals surface area contributed by atoms with Crippen LogP contribution < -0.4 is 11.3 Å².